The standard InChI is InChI=1S/C12H8BrCl2FN2/c13-6-1-2-10(17)11(3-6)18-7-4-8(14)12(16)9(15)5-7/h1-5,18H,17H2. The first kappa shape index (κ1) is 13.5. The fourth-order valence-electron chi connectivity index (χ4n) is 1.42. The Morgan fingerprint density at radius 3 is 2.33 bits per heavy atom. The number of rotatable bonds is 2. The molecule has 3 N–H and O–H groups in total. The second-order valence-corrected chi connectivity index (χ2v) is 5.34. The van der Waals surface area contributed by atoms with Crippen LogP contribution in [0.3, 0.4) is 0 Å². The molecule has 0 atom stereocenters. The smallest absolute Gasteiger partial charge is 0.160 e. The number of halogens is 4. The summed E-state index contributed by atoms with van der Waals surface area (Å²) in [6.45, 7) is 0. The van der Waals surface area contributed by atoms with Crippen LogP contribution in [0.15, 0.2) is 34.8 Å². The Labute approximate surface area is 122 Å². The predicted octanol–water partition coefficient (Wildman–Crippen LogP) is 5.22. The number of nitrogens with two attached hydrogens (primary N) is 1. The number of hydrogen-bond acceptors (Lipinski definition) is 2. The quantitative estimate of drug-likeness (QED) is 0.576. The van der Waals surface area contributed by atoms with Gasteiger partial charge >= 0.3 is 0 Å². The summed E-state index contributed by atoms with van der Waals surface area (Å²) in [5.41, 5.74) is 7.63. The number of benzene rings is 2. The number of nitrogens with one attached hydrogen (secondary N) is 1. The summed E-state index contributed by atoms with van der Waals surface area (Å²) in [6.07, 6.45) is 0. The highest BCUT2D eigenvalue weighted by molar-refractivity contribution is 9.10. The van der Waals surface area contributed by atoms with E-state index in [0.717, 1.165) is 4.47 Å². The Morgan fingerprint density at radius 1 is 1.11 bits per heavy atom. The minimum atomic E-state index is -0.633. The number of nitrogen functional groups attached to an aromatic ring is 1. The first-order valence-electron chi connectivity index (χ1n) is 4.94. The van der Waals surface area contributed by atoms with Crippen molar-refractivity contribution >= 4 is 56.2 Å². The van der Waals surface area contributed by atoms with Gasteiger partial charge in [0, 0.05) is 10.2 Å². The van der Waals surface area contributed by atoms with Crippen LogP contribution in [0.2, 0.25) is 10.0 Å². The monoisotopic (exact) mass is 348 g/mol. The lowest BCUT2D eigenvalue weighted by Gasteiger charge is -2.11. The third-order valence-electron chi connectivity index (χ3n) is 2.28. The summed E-state index contributed by atoms with van der Waals surface area (Å²) < 4.78 is 14.1. The van der Waals surface area contributed by atoms with Crippen molar-refractivity contribution < 1.29 is 4.39 Å². The second-order valence-electron chi connectivity index (χ2n) is 3.61. The third kappa shape index (κ3) is 2.88. The van der Waals surface area contributed by atoms with E-state index in [0.29, 0.717) is 17.1 Å². The van der Waals surface area contributed by atoms with Gasteiger partial charge in [0.05, 0.1) is 21.4 Å². The van der Waals surface area contributed by atoms with E-state index in [1.165, 1.54) is 12.1 Å². The fourth-order valence-corrected chi connectivity index (χ4v) is 2.27. The molecule has 18 heavy (non-hydrogen) atoms. The zero-order valence-electron chi connectivity index (χ0n) is 8.98. The van der Waals surface area contributed by atoms with E-state index in [4.69, 9.17) is 28.9 Å². The first-order chi connectivity index (χ1) is 8.47. The molecule has 0 saturated heterocycles. The topological polar surface area (TPSA) is 38.0 Å². The van der Waals surface area contributed by atoms with Crippen molar-refractivity contribution in [2.24, 2.45) is 0 Å². The minimum Gasteiger partial charge on any atom is -0.397 e. The molecule has 0 fully saturated rings. The molecule has 0 unspecified atom stereocenters. The Bertz CT molecular complexity index is 582. The zero-order valence-corrected chi connectivity index (χ0v) is 12.1. The van der Waals surface area contributed by atoms with Crippen LogP contribution >= 0.6 is 39.1 Å². The van der Waals surface area contributed by atoms with Crippen LogP contribution in [0.5, 0.6) is 0 Å². The van der Waals surface area contributed by atoms with Crippen molar-refractivity contribution in [2.75, 3.05) is 11.1 Å². The summed E-state index contributed by atoms with van der Waals surface area (Å²) in [5, 5.41) is 2.95. The fraction of sp³-hybridized carbons (Fsp3) is 0. The van der Waals surface area contributed by atoms with Gasteiger partial charge in [0.2, 0.25) is 0 Å². The summed E-state index contributed by atoms with van der Waals surface area (Å²) in [6, 6.07) is 8.27. The maximum absolute atomic E-state index is 13.3. The highest BCUT2D eigenvalue weighted by Crippen LogP contribution is 2.31. The largest absolute Gasteiger partial charge is 0.397 e. The molecule has 94 valence electrons. The molecule has 0 bridgehead atoms. The SMILES string of the molecule is Nc1ccc(Br)cc1Nc1cc(Cl)c(F)c(Cl)c1. The van der Waals surface area contributed by atoms with E-state index in [-0.39, 0.29) is 10.0 Å². The lowest BCUT2D eigenvalue weighted by atomic mass is 10.2. The van der Waals surface area contributed by atoms with E-state index in [9.17, 15) is 4.39 Å². The molecule has 2 nitrogen and oxygen atoms in total. The molecule has 2 rings (SSSR count). The second kappa shape index (κ2) is 5.34. The van der Waals surface area contributed by atoms with Crippen molar-refractivity contribution in [3.63, 3.8) is 0 Å². The van der Waals surface area contributed by atoms with Crippen molar-refractivity contribution in [1.29, 1.82) is 0 Å². The van der Waals surface area contributed by atoms with Gasteiger partial charge in [-0.05, 0) is 30.3 Å². The van der Waals surface area contributed by atoms with Crippen molar-refractivity contribution in [2.45, 2.75) is 0 Å². The van der Waals surface area contributed by atoms with Crippen molar-refractivity contribution in [3.05, 3.63) is 50.7 Å². The van der Waals surface area contributed by atoms with Crippen molar-refractivity contribution in [3.8, 4) is 0 Å². The van der Waals surface area contributed by atoms with Crippen LogP contribution in [-0.2, 0) is 0 Å². The maximum atomic E-state index is 13.3. The average Bonchev–Trinajstić information content (AvgIpc) is 2.31. The third-order valence-corrected chi connectivity index (χ3v) is 3.32. The summed E-state index contributed by atoms with van der Waals surface area (Å²) in [7, 11) is 0. The molecular formula is C12H8BrCl2FN2. The molecule has 2 aromatic rings. The Morgan fingerprint density at radius 2 is 1.72 bits per heavy atom. The average molecular weight is 350 g/mol. The van der Waals surface area contributed by atoms with E-state index in [1.54, 1.807) is 12.1 Å². The molecule has 0 spiro atoms. The number of hydrogen-bond donors (Lipinski definition) is 2. The van der Waals surface area contributed by atoms with E-state index < -0.39 is 5.82 Å². The molecule has 0 aliphatic rings. The van der Waals surface area contributed by atoms with Crippen LogP contribution in [0, 0.1) is 5.82 Å². The molecule has 0 radical (unpaired) electrons. The van der Waals surface area contributed by atoms with Gasteiger partial charge in [0.15, 0.2) is 5.82 Å². The summed E-state index contributed by atoms with van der Waals surface area (Å²) >= 11 is 14.8. The first-order valence-corrected chi connectivity index (χ1v) is 6.49. The summed E-state index contributed by atoms with van der Waals surface area (Å²) in [5.74, 6) is -0.633. The zero-order chi connectivity index (χ0) is 13.3. The number of anilines is 3. The van der Waals surface area contributed by atoms with Gasteiger partial charge < -0.3 is 11.1 Å². The molecule has 2 aromatic carbocycles. The van der Waals surface area contributed by atoms with Crippen LogP contribution in [-0.4, -0.2) is 0 Å². The highest BCUT2D eigenvalue weighted by atomic mass is 79.9. The van der Waals surface area contributed by atoms with Gasteiger partial charge in [0.25, 0.3) is 0 Å². The lowest BCUT2D eigenvalue weighted by molar-refractivity contribution is 0.629. The van der Waals surface area contributed by atoms with Crippen LogP contribution in [0.25, 0.3) is 0 Å². The van der Waals surface area contributed by atoms with E-state index >= 15 is 0 Å². The van der Waals surface area contributed by atoms with Gasteiger partial charge in [0.1, 0.15) is 0 Å². The van der Waals surface area contributed by atoms with Gasteiger partial charge in [-0.3, -0.25) is 0 Å². The van der Waals surface area contributed by atoms with Crippen LogP contribution < -0.4 is 11.1 Å². The Hall–Kier alpha value is -0.970. The van der Waals surface area contributed by atoms with Gasteiger partial charge in [-0.25, -0.2) is 4.39 Å². The predicted molar refractivity (Wildman–Crippen MR) is 78.3 cm³/mol. The maximum Gasteiger partial charge on any atom is 0.160 e. The minimum absolute atomic E-state index is 0.0430. The van der Waals surface area contributed by atoms with E-state index in [2.05, 4.69) is 21.2 Å². The molecular weight excluding hydrogens is 342 g/mol. The molecule has 0 aliphatic carbocycles. The Kier molecular flexibility index (Phi) is 4.00. The summed E-state index contributed by atoms with van der Waals surface area (Å²) in [4.78, 5) is 0. The van der Waals surface area contributed by atoms with Gasteiger partial charge in [-0.1, -0.05) is 39.1 Å². The van der Waals surface area contributed by atoms with Crippen LogP contribution in [0.4, 0.5) is 21.5 Å². The lowest BCUT2D eigenvalue weighted by Crippen LogP contribution is -1.97. The van der Waals surface area contributed by atoms with Gasteiger partial charge in [-0.2, -0.15) is 0 Å². The van der Waals surface area contributed by atoms with Crippen LogP contribution in [0.1, 0.15) is 0 Å². The Balaban J connectivity index is 2.37. The normalized spacial score (nSPS) is 10.4. The van der Waals surface area contributed by atoms with Gasteiger partial charge in [-0.15, -0.1) is 0 Å². The van der Waals surface area contributed by atoms with Crippen molar-refractivity contribution in [1.82, 2.24) is 0 Å². The van der Waals surface area contributed by atoms with E-state index in [1.807, 2.05) is 6.07 Å². The molecule has 0 heterocycles. The molecule has 6 heteroatoms. The highest BCUT2D eigenvalue weighted by Gasteiger charge is 2.08. The molecule has 0 saturated carbocycles. The molecule has 0 aliphatic heterocycles. The molecule has 0 amide bonds. The molecule has 0 aromatic heterocycles.